The molecule has 2 rings (SSSR count). The Morgan fingerprint density at radius 1 is 1.33 bits per heavy atom. The van der Waals surface area contributed by atoms with Crippen molar-refractivity contribution < 1.29 is 9.84 Å². The summed E-state index contributed by atoms with van der Waals surface area (Å²) < 4.78 is 5.71. The molecule has 1 heterocycles. The van der Waals surface area contributed by atoms with E-state index in [0.717, 1.165) is 31.4 Å². The van der Waals surface area contributed by atoms with Crippen molar-refractivity contribution in [1.29, 1.82) is 0 Å². The molecule has 2 heteroatoms. The van der Waals surface area contributed by atoms with Gasteiger partial charge in [-0.2, -0.15) is 0 Å². The van der Waals surface area contributed by atoms with Crippen LogP contribution in [-0.2, 0) is 4.74 Å². The molecule has 0 saturated carbocycles. The Bertz CT molecular complexity index is 381. The minimum Gasteiger partial charge on any atom is -0.388 e. The van der Waals surface area contributed by atoms with Crippen molar-refractivity contribution in [3.05, 3.63) is 34.9 Å². The molecule has 2 unspecified atom stereocenters. The quantitative estimate of drug-likeness (QED) is 0.880. The Kier molecular flexibility index (Phi) is 4.79. The molecule has 2 nitrogen and oxygen atoms in total. The summed E-state index contributed by atoms with van der Waals surface area (Å²) in [7, 11) is 0. The van der Waals surface area contributed by atoms with Crippen LogP contribution in [0.4, 0.5) is 0 Å². The van der Waals surface area contributed by atoms with Gasteiger partial charge in [-0.15, -0.1) is 0 Å². The lowest BCUT2D eigenvalue weighted by molar-refractivity contribution is 0.00209. The Morgan fingerprint density at radius 2 is 2.17 bits per heavy atom. The number of aryl methyl sites for hydroxylation is 2. The van der Waals surface area contributed by atoms with Gasteiger partial charge in [0, 0.05) is 6.61 Å². The lowest BCUT2D eigenvalue weighted by Crippen LogP contribution is -2.19. The SMILES string of the molecule is Cc1ccc(C)c(C(O)CCC2CCCCO2)c1. The first-order valence-corrected chi connectivity index (χ1v) is 7.03. The van der Waals surface area contributed by atoms with Crippen molar-refractivity contribution in [3.8, 4) is 0 Å². The maximum absolute atomic E-state index is 10.3. The zero-order valence-corrected chi connectivity index (χ0v) is 11.5. The molecule has 0 spiro atoms. The van der Waals surface area contributed by atoms with Crippen LogP contribution < -0.4 is 0 Å². The molecule has 0 aromatic heterocycles. The Balaban J connectivity index is 1.90. The van der Waals surface area contributed by atoms with Crippen LogP contribution in [-0.4, -0.2) is 17.8 Å². The van der Waals surface area contributed by atoms with E-state index in [4.69, 9.17) is 4.74 Å². The van der Waals surface area contributed by atoms with E-state index < -0.39 is 0 Å². The molecule has 1 N–H and O–H groups in total. The molecule has 1 aromatic carbocycles. The fourth-order valence-electron chi connectivity index (χ4n) is 2.65. The average molecular weight is 248 g/mol. The predicted molar refractivity (Wildman–Crippen MR) is 73.7 cm³/mol. The van der Waals surface area contributed by atoms with Crippen molar-refractivity contribution in [2.45, 2.75) is 58.2 Å². The van der Waals surface area contributed by atoms with Crippen molar-refractivity contribution >= 4 is 0 Å². The van der Waals surface area contributed by atoms with E-state index in [0.29, 0.717) is 6.10 Å². The van der Waals surface area contributed by atoms with Gasteiger partial charge in [-0.1, -0.05) is 23.8 Å². The van der Waals surface area contributed by atoms with Gasteiger partial charge in [0.2, 0.25) is 0 Å². The van der Waals surface area contributed by atoms with Gasteiger partial charge in [-0.25, -0.2) is 0 Å². The van der Waals surface area contributed by atoms with Crippen molar-refractivity contribution in [2.24, 2.45) is 0 Å². The summed E-state index contributed by atoms with van der Waals surface area (Å²) in [5, 5.41) is 10.3. The van der Waals surface area contributed by atoms with E-state index in [2.05, 4.69) is 32.0 Å². The van der Waals surface area contributed by atoms with Crippen LogP contribution in [0.5, 0.6) is 0 Å². The largest absolute Gasteiger partial charge is 0.388 e. The fraction of sp³-hybridized carbons (Fsp3) is 0.625. The molecule has 2 atom stereocenters. The standard InChI is InChI=1S/C16H24O2/c1-12-6-7-13(2)15(11-12)16(17)9-8-14-5-3-4-10-18-14/h6-7,11,14,16-17H,3-5,8-10H2,1-2H3. The second-order valence-corrected chi connectivity index (χ2v) is 5.44. The van der Waals surface area contributed by atoms with Gasteiger partial charge < -0.3 is 9.84 Å². The highest BCUT2D eigenvalue weighted by Crippen LogP contribution is 2.26. The van der Waals surface area contributed by atoms with E-state index in [9.17, 15) is 5.11 Å². The number of rotatable bonds is 4. The van der Waals surface area contributed by atoms with Crippen molar-refractivity contribution in [3.63, 3.8) is 0 Å². The van der Waals surface area contributed by atoms with Gasteiger partial charge >= 0.3 is 0 Å². The molecule has 0 aliphatic carbocycles. The number of hydrogen-bond acceptors (Lipinski definition) is 2. The van der Waals surface area contributed by atoms with Crippen LogP contribution in [0.2, 0.25) is 0 Å². The molecular weight excluding hydrogens is 224 g/mol. The maximum Gasteiger partial charge on any atom is 0.0793 e. The minimum absolute atomic E-state index is 0.351. The summed E-state index contributed by atoms with van der Waals surface area (Å²) in [6.07, 6.45) is 5.39. The highest BCUT2D eigenvalue weighted by molar-refractivity contribution is 5.32. The van der Waals surface area contributed by atoms with Crippen molar-refractivity contribution in [2.75, 3.05) is 6.61 Å². The zero-order chi connectivity index (χ0) is 13.0. The highest BCUT2D eigenvalue weighted by atomic mass is 16.5. The summed E-state index contributed by atoms with van der Waals surface area (Å²) in [6.45, 7) is 5.03. The van der Waals surface area contributed by atoms with Gasteiger partial charge in [-0.3, -0.25) is 0 Å². The second-order valence-electron chi connectivity index (χ2n) is 5.44. The molecular formula is C16H24O2. The topological polar surface area (TPSA) is 29.5 Å². The normalized spacial score (nSPS) is 21.8. The van der Waals surface area contributed by atoms with Crippen LogP contribution in [0.25, 0.3) is 0 Å². The number of hydrogen-bond donors (Lipinski definition) is 1. The van der Waals surface area contributed by atoms with E-state index in [1.165, 1.54) is 24.0 Å². The maximum atomic E-state index is 10.3. The summed E-state index contributed by atoms with van der Waals surface area (Å²) in [5.41, 5.74) is 3.46. The smallest absolute Gasteiger partial charge is 0.0793 e. The zero-order valence-electron chi connectivity index (χ0n) is 11.5. The molecule has 0 bridgehead atoms. The van der Waals surface area contributed by atoms with E-state index >= 15 is 0 Å². The summed E-state index contributed by atoms with van der Waals surface area (Å²) in [5.74, 6) is 0. The van der Waals surface area contributed by atoms with Crippen LogP contribution >= 0.6 is 0 Å². The Morgan fingerprint density at radius 3 is 2.89 bits per heavy atom. The Hall–Kier alpha value is -0.860. The number of benzene rings is 1. The van der Waals surface area contributed by atoms with Crippen LogP contribution in [0.1, 0.15) is 54.9 Å². The molecule has 1 aliphatic heterocycles. The van der Waals surface area contributed by atoms with E-state index in [1.54, 1.807) is 0 Å². The molecule has 18 heavy (non-hydrogen) atoms. The third-order valence-corrected chi connectivity index (χ3v) is 3.83. The van der Waals surface area contributed by atoms with Crippen LogP contribution in [0.15, 0.2) is 18.2 Å². The summed E-state index contributed by atoms with van der Waals surface area (Å²) >= 11 is 0. The molecule has 1 aromatic rings. The lowest BCUT2D eigenvalue weighted by atomic mass is 9.95. The predicted octanol–water partition coefficient (Wildman–Crippen LogP) is 3.69. The number of ether oxygens (including phenoxy) is 1. The van der Waals surface area contributed by atoms with Crippen LogP contribution in [0, 0.1) is 13.8 Å². The third kappa shape index (κ3) is 3.56. The van der Waals surface area contributed by atoms with Gasteiger partial charge in [0.25, 0.3) is 0 Å². The van der Waals surface area contributed by atoms with E-state index in [1.807, 2.05) is 0 Å². The van der Waals surface area contributed by atoms with Crippen LogP contribution in [0.3, 0.4) is 0 Å². The first-order chi connectivity index (χ1) is 8.66. The first kappa shape index (κ1) is 13.6. The molecule has 100 valence electrons. The molecule has 0 amide bonds. The van der Waals surface area contributed by atoms with E-state index in [-0.39, 0.29) is 6.10 Å². The van der Waals surface area contributed by atoms with Crippen molar-refractivity contribution in [1.82, 2.24) is 0 Å². The minimum atomic E-state index is -0.351. The monoisotopic (exact) mass is 248 g/mol. The van der Waals surface area contributed by atoms with Gasteiger partial charge in [-0.05, 0) is 57.1 Å². The number of aliphatic hydroxyl groups excluding tert-OH is 1. The van der Waals surface area contributed by atoms with Gasteiger partial charge in [0.05, 0.1) is 12.2 Å². The molecule has 1 saturated heterocycles. The Labute approximate surface area is 110 Å². The molecule has 1 fully saturated rings. The van der Waals surface area contributed by atoms with Gasteiger partial charge in [0.1, 0.15) is 0 Å². The first-order valence-electron chi connectivity index (χ1n) is 7.03. The number of aliphatic hydroxyl groups is 1. The third-order valence-electron chi connectivity index (χ3n) is 3.83. The fourth-order valence-corrected chi connectivity index (χ4v) is 2.65. The molecule has 0 radical (unpaired) electrons. The van der Waals surface area contributed by atoms with Gasteiger partial charge in [0.15, 0.2) is 0 Å². The second kappa shape index (κ2) is 6.35. The lowest BCUT2D eigenvalue weighted by Gasteiger charge is -2.24. The summed E-state index contributed by atoms with van der Waals surface area (Å²) in [4.78, 5) is 0. The summed E-state index contributed by atoms with van der Waals surface area (Å²) in [6, 6.07) is 6.28. The highest BCUT2D eigenvalue weighted by Gasteiger charge is 2.17. The molecule has 1 aliphatic rings. The average Bonchev–Trinajstić information content (AvgIpc) is 2.40.